The summed E-state index contributed by atoms with van der Waals surface area (Å²) in [7, 11) is 1.92. The molecule has 0 atom stereocenters. The van der Waals surface area contributed by atoms with E-state index in [4.69, 9.17) is 0 Å². The molecule has 2 aromatic heterocycles. The molecule has 16 heavy (non-hydrogen) atoms. The first-order valence-electron chi connectivity index (χ1n) is 5.48. The summed E-state index contributed by atoms with van der Waals surface area (Å²) >= 11 is 1.74. The molecule has 1 saturated carbocycles. The van der Waals surface area contributed by atoms with Crippen molar-refractivity contribution >= 4 is 11.3 Å². The highest BCUT2D eigenvalue weighted by molar-refractivity contribution is 7.15. The van der Waals surface area contributed by atoms with Crippen LogP contribution in [0.4, 0.5) is 0 Å². The third-order valence-corrected chi connectivity index (χ3v) is 3.69. The number of aromatic nitrogens is 3. The lowest BCUT2D eigenvalue weighted by Gasteiger charge is -1.96. The maximum atomic E-state index is 4.42. The van der Waals surface area contributed by atoms with E-state index in [2.05, 4.69) is 15.4 Å². The van der Waals surface area contributed by atoms with Crippen molar-refractivity contribution in [3.8, 4) is 10.6 Å². The third-order valence-electron chi connectivity index (χ3n) is 2.65. The molecular formula is C11H14N4S. The Morgan fingerprint density at radius 3 is 3.06 bits per heavy atom. The zero-order chi connectivity index (χ0) is 11.0. The molecule has 2 aromatic rings. The van der Waals surface area contributed by atoms with Crippen molar-refractivity contribution in [3.63, 3.8) is 0 Å². The van der Waals surface area contributed by atoms with E-state index < -0.39 is 0 Å². The van der Waals surface area contributed by atoms with Gasteiger partial charge in [0.1, 0.15) is 5.01 Å². The molecule has 5 heteroatoms. The Balaban J connectivity index is 1.71. The van der Waals surface area contributed by atoms with Crippen LogP contribution in [0.1, 0.15) is 17.7 Å². The highest BCUT2D eigenvalue weighted by Gasteiger charge is 2.20. The van der Waals surface area contributed by atoms with E-state index in [1.807, 2.05) is 25.6 Å². The Hall–Kier alpha value is -1.20. The second kappa shape index (κ2) is 3.99. The Bertz CT molecular complexity index is 484. The van der Waals surface area contributed by atoms with Crippen LogP contribution < -0.4 is 5.32 Å². The van der Waals surface area contributed by atoms with Gasteiger partial charge >= 0.3 is 0 Å². The first-order chi connectivity index (χ1) is 7.81. The summed E-state index contributed by atoms with van der Waals surface area (Å²) in [6, 6.07) is 0.754. The molecule has 1 aliphatic rings. The van der Waals surface area contributed by atoms with E-state index in [-0.39, 0.29) is 0 Å². The van der Waals surface area contributed by atoms with Crippen molar-refractivity contribution in [2.75, 3.05) is 0 Å². The number of rotatable bonds is 4. The van der Waals surface area contributed by atoms with Crippen molar-refractivity contribution in [1.29, 1.82) is 0 Å². The van der Waals surface area contributed by atoms with Gasteiger partial charge in [0.05, 0.1) is 6.20 Å². The Kier molecular flexibility index (Phi) is 2.49. The van der Waals surface area contributed by atoms with E-state index in [1.54, 1.807) is 16.0 Å². The van der Waals surface area contributed by atoms with Crippen LogP contribution in [-0.4, -0.2) is 20.8 Å². The minimum absolute atomic E-state index is 0.754. The summed E-state index contributed by atoms with van der Waals surface area (Å²) < 4.78 is 1.80. The van der Waals surface area contributed by atoms with Crippen LogP contribution in [-0.2, 0) is 13.6 Å². The van der Waals surface area contributed by atoms with Gasteiger partial charge < -0.3 is 5.32 Å². The largest absolute Gasteiger partial charge is 0.309 e. The van der Waals surface area contributed by atoms with Gasteiger partial charge in [0.25, 0.3) is 0 Å². The summed E-state index contributed by atoms with van der Waals surface area (Å²) in [5.74, 6) is 0. The number of nitrogens with one attached hydrogen (secondary N) is 1. The summed E-state index contributed by atoms with van der Waals surface area (Å²) in [6.45, 7) is 0.947. The lowest BCUT2D eigenvalue weighted by molar-refractivity contribution is 0.694. The Labute approximate surface area is 98.3 Å². The van der Waals surface area contributed by atoms with E-state index in [0.29, 0.717) is 0 Å². The summed E-state index contributed by atoms with van der Waals surface area (Å²) in [5, 5.41) is 8.70. The van der Waals surface area contributed by atoms with E-state index in [9.17, 15) is 0 Å². The minimum Gasteiger partial charge on any atom is -0.309 e. The van der Waals surface area contributed by atoms with Crippen LogP contribution in [0.25, 0.3) is 10.6 Å². The average molecular weight is 234 g/mol. The molecular weight excluding hydrogens is 220 g/mol. The molecule has 84 valence electrons. The van der Waals surface area contributed by atoms with Gasteiger partial charge in [-0.15, -0.1) is 11.3 Å². The van der Waals surface area contributed by atoms with Crippen LogP contribution in [0, 0.1) is 0 Å². The molecule has 3 rings (SSSR count). The van der Waals surface area contributed by atoms with Crippen LogP contribution in [0.15, 0.2) is 18.6 Å². The van der Waals surface area contributed by atoms with Gasteiger partial charge in [-0.05, 0) is 12.8 Å². The molecule has 1 N–H and O–H groups in total. The molecule has 0 unspecified atom stereocenters. The van der Waals surface area contributed by atoms with Crippen molar-refractivity contribution in [2.45, 2.75) is 25.4 Å². The normalized spacial score (nSPS) is 15.6. The number of hydrogen-bond donors (Lipinski definition) is 1. The standard InChI is InChI=1S/C11H14N4S/c1-15-7-8(4-14-15)11-13-6-10(16-11)5-12-9-2-3-9/h4,6-7,9,12H,2-3,5H2,1H3. The lowest BCUT2D eigenvalue weighted by Crippen LogP contribution is -2.14. The summed E-state index contributed by atoms with van der Waals surface area (Å²) in [5.41, 5.74) is 1.10. The molecule has 0 bridgehead atoms. The molecule has 0 spiro atoms. The number of nitrogens with zero attached hydrogens (tertiary/aromatic N) is 3. The molecule has 0 radical (unpaired) electrons. The van der Waals surface area contributed by atoms with Crippen molar-refractivity contribution in [3.05, 3.63) is 23.5 Å². The summed E-state index contributed by atoms with van der Waals surface area (Å²) in [6.07, 6.45) is 8.47. The smallest absolute Gasteiger partial charge is 0.126 e. The van der Waals surface area contributed by atoms with E-state index >= 15 is 0 Å². The number of hydrogen-bond acceptors (Lipinski definition) is 4. The quantitative estimate of drug-likeness (QED) is 0.877. The van der Waals surface area contributed by atoms with Crippen molar-refractivity contribution in [1.82, 2.24) is 20.1 Å². The monoisotopic (exact) mass is 234 g/mol. The zero-order valence-corrected chi connectivity index (χ0v) is 10.00. The first kappa shape index (κ1) is 9.99. The molecule has 1 aliphatic carbocycles. The van der Waals surface area contributed by atoms with Gasteiger partial charge in [0.2, 0.25) is 0 Å². The molecule has 0 amide bonds. The van der Waals surface area contributed by atoms with Crippen LogP contribution in [0.5, 0.6) is 0 Å². The van der Waals surface area contributed by atoms with Gasteiger partial charge in [-0.1, -0.05) is 0 Å². The third kappa shape index (κ3) is 2.15. The molecule has 4 nitrogen and oxygen atoms in total. The SMILES string of the molecule is Cn1cc(-c2ncc(CNC3CC3)s2)cn1. The fraction of sp³-hybridized carbons (Fsp3) is 0.455. The van der Waals surface area contributed by atoms with Gasteiger partial charge in [0, 0.05) is 42.5 Å². The van der Waals surface area contributed by atoms with Gasteiger partial charge in [-0.2, -0.15) is 5.10 Å². The molecule has 0 aliphatic heterocycles. The predicted molar refractivity (Wildman–Crippen MR) is 64.2 cm³/mol. The fourth-order valence-corrected chi connectivity index (χ4v) is 2.42. The molecule has 2 heterocycles. The van der Waals surface area contributed by atoms with Gasteiger partial charge in [-0.25, -0.2) is 4.98 Å². The Morgan fingerprint density at radius 1 is 1.50 bits per heavy atom. The van der Waals surface area contributed by atoms with Gasteiger partial charge in [-0.3, -0.25) is 4.68 Å². The lowest BCUT2D eigenvalue weighted by atomic mass is 10.4. The topological polar surface area (TPSA) is 42.7 Å². The van der Waals surface area contributed by atoms with Crippen LogP contribution in [0.3, 0.4) is 0 Å². The van der Waals surface area contributed by atoms with Gasteiger partial charge in [0.15, 0.2) is 0 Å². The maximum absolute atomic E-state index is 4.42. The minimum atomic E-state index is 0.754. The zero-order valence-electron chi connectivity index (χ0n) is 9.18. The van der Waals surface area contributed by atoms with Crippen LogP contribution >= 0.6 is 11.3 Å². The second-order valence-electron chi connectivity index (χ2n) is 4.19. The van der Waals surface area contributed by atoms with Crippen molar-refractivity contribution < 1.29 is 0 Å². The number of thiazole rings is 1. The molecule has 0 saturated heterocycles. The van der Waals surface area contributed by atoms with E-state index in [0.717, 1.165) is 23.2 Å². The fourth-order valence-electron chi connectivity index (χ4n) is 1.59. The average Bonchev–Trinajstić information content (AvgIpc) is 2.81. The highest BCUT2D eigenvalue weighted by Crippen LogP contribution is 2.25. The van der Waals surface area contributed by atoms with E-state index in [1.165, 1.54) is 17.7 Å². The molecule has 0 aromatic carbocycles. The highest BCUT2D eigenvalue weighted by atomic mass is 32.1. The van der Waals surface area contributed by atoms with Crippen LogP contribution in [0.2, 0.25) is 0 Å². The predicted octanol–water partition coefficient (Wildman–Crippen LogP) is 1.80. The number of aryl methyl sites for hydroxylation is 1. The maximum Gasteiger partial charge on any atom is 0.126 e. The second-order valence-corrected chi connectivity index (χ2v) is 5.30. The Morgan fingerprint density at radius 2 is 2.38 bits per heavy atom. The first-order valence-corrected chi connectivity index (χ1v) is 6.30. The summed E-state index contributed by atoms with van der Waals surface area (Å²) in [4.78, 5) is 5.72. The molecule has 1 fully saturated rings. The van der Waals surface area contributed by atoms with Crippen molar-refractivity contribution in [2.24, 2.45) is 7.05 Å².